The third-order valence-corrected chi connectivity index (χ3v) is 5.52. The predicted octanol–water partition coefficient (Wildman–Crippen LogP) is 3.46. The molecule has 0 fully saturated rings. The summed E-state index contributed by atoms with van der Waals surface area (Å²) in [4.78, 5) is 17.8. The summed E-state index contributed by atoms with van der Waals surface area (Å²) in [5, 5.41) is 1.69. The molecular weight excluding hydrogens is 410 g/mol. The van der Waals surface area contributed by atoms with E-state index < -0.39 is 6.29 Å². The zero-order valence-corrected chi connectivity index (χ0v) is 18.1. The van der Waals surface area contributed by atoms with Gasteiger partial charge >= 0.3 is 0 Å². The van der Waals surface area contributed by atoms with E-state index in [-0.39, 0.29) is 0 Å². The van der Waals surface area contributed by atoms with E-state index in [1.54, 1.807) is 32.7 Å². The Balaban J connectivity index is 1.35. The Morgan fingerprint density at radius 3 is 2.41 bits per heavy atom. The Kier molecular flexibility index (Phi) is 5.01. The molecule has 0 saturated carbocycles. The normalized spacial score (nSPS) is 14.8. The zero-order valence-electron chi connectivity index (χ0n) is 18.1. The van der Waals surface area contributed by atoms with Crippen molar-refractivity contribution >= 4 is 27.6 Å². The number of hydrogen-bond donors (Lipinski definition) is 1. The molecule has 2 aromatic heterocycles. The van der Waals surface area contributed by atoms with Crippen LogP contribution in [0.4, 0.5) is 5.82 Å². The van der Waals surface area contributed by atoms with Crippen LogP contribution in [0.5, 0.6) is 23.0 Å². The molecule has 9 nitrogen and oxygen atoms in total. The van der Waals surface area contributed by atoms with E-state index in [1.807, 2.05) is 12.1 Å². The van der Waals surface area contributed by atoms with Gasteiger partial charge in [-0.3, -0.25) is 0 Å². The van der Waals surface area contributed by atoms with Crippen LogP contribution >= 0.6 is 0 Å². The maximum Gasteiger partial charge on any atom is 0.242 e. The minimum atomic E-state index is -0.439. The second-order valence-corrected chi connectivity index (χ2v) is 7.44. The van der Waals surface area contributed by atoms with Gasteiger partial charge in [-0.15, -0.1) is 0 Å². The molecule has 0 amide bonds. The monoisotopic (exact) mass is 433 g/mol. The highest BCUT2D eigenvalue weighted by molar-refractivity contribution is 5.90. The van der Waals surface area contributed by atoms with Gasteiger partial charge in [0.1, 0.15) is 18.0 Å². The highest BCUT2D eigenvalue weighted by Gasteiger charge is 2.26. The van der Waals surface area contributed by atoms with E-state index in [1.165, 1.54) is 0 Å². The largest absolute Gasteiger partial charge is 0.493 e. The lowest BCUT2D eigenvalue weighted by Gasteiger charge is -2.12. The summed E-state index contributed by atoms with van der Waals surface area (Å²) in [5.74, 6) is 3.54. The fourth-order valence-corrected chi connectivity index (χ4v) is 3.90. The average molecular weight is 433 g/mol. The zero-order chi connectivity index (χ0) is 22.2. The number of methoxy groups -OCH3 is 2. The van der Waals surface area contributed by atoms with Crippen LogP contribution in [0.2, 0.25) is 0 Å². The summed E-state index contributed by atoms with van der Waals surface area (Å²) in [6, 6.07) is 7.43. The molecule has 1 unspecified atom stereocenters. The number of anilines is 1. The van der Waals surface area contributed by atoms with Crippen LogP contribution in [0.3, 0.4) is 0 Å². The van der Waals surface area contributed by atoms with Crippen LogP contribution in [0.25, 0.3) is 21.8 Å². The predicted molar refractivity (Wildman–Crippen MR) is 119 cm³/mol. The third-order valence-electron chi connectivity index (χ3n) is 5.52. The van der Waals surface area contributed by atoms with Crippen molar-refractivity contribution in [3.8, 4) is 23.0 Å². The summed E-state index contributed by atoms with van der Waals surface area (Å²) in [7, 11) is 3.16. The van der Waals surface area contributed by atoms with E-state index in [2.05, 4.69) is 26.9 Å². The minimum Gasteiger partial charge on any atom is -0.493 e. The molecule has 4 aromatic rings. The van der Waals surface area contributed by atoms with Gasteiger partial charge in [0, 0.05) is 35.7 Å². The average Bonchev–Trinajstić information content (AvgIpc) is 3.21. The molecule has 5 rings (SSSR count). The fourth-order valence-electron chi connectivity index (χ4n) is 3.90. The van der Waals surface area contributed by atoms with Crippen molar-refractivity contribution in [1.82, 2.24) is 19.9 Å². The topological polar surface area (TPSA) is 115 Å². The Hall–Kier alpha value is -3.88. The van der Waals surface area contributed by atoms with E-state index in [9.17, 15) is 0 Å². The first-order chi connectivity index (χ1) is 15.6. The number of nitrogens with zero attached hydrogens (tertiary/aromatic N) is 4. The van der Waals surface area contributed by atoms with Crippen molar-refractivity contribution in [2.24, 2.45) is 0 Å². The number of nitrogens with two attached hydrogens (primary N) is 1. The van der Waals surface area contributed by atoms with E-state index >= 15 is 0 Å². The fraction of sp³-hybridized carbons (Fsp3) is 0.304. The number of ether oxygens (including phenoxy) is 4. The molecule has 1 aliphatic rings. The number of hydrogen-bond acceptors (Lipinski definition) is 9. The standard InChI is InChI=1S/C23H23N5O4/c1-4-14-12-7-19-20(9-15(12)26-11-25-14)32-22(31-19)6-5-21-27-16-10-18(30-3)17(29-2)8-13(16)23(24)28-21/h7-11,22H,4-6H2,1-3H3,(H2,24,27,28). The van der Waals surface area contributed by atoms with Crippen molar-refractivity contribution in [2.75, 3.05) is 20.0 Å². The molecular formula is C23H23N5O4. The van der Waals surface area contributed by atoms with E-state index in [4.69, 9.17) is 24.7 Å². The van der Waals surface area contributed by atoms with E-state index in [0.29, 0.717) is 58.4 Å². The van der Waals surface area contributed by atoms with Gasteiger partial charge < -0.3 is 24.7 Å². The highest BCUT2D eigenvalue weighted by Crippen LogP contribution is 2.39. The Morgan fingerprint density at radius 2 is 1.66 bits per heavy atom. The maximum atomic E-state index is 6.19. The third kappa shape index (κ3) is 3.45. The Labute approximate surface area is 184 Å². The molecule has 9 heteroatoms. The van der Waals surface area contributed by atoms with Gasteiger partial charge in [-0.25, -0.2) is 19.9 Å². The van der Waals surface area contributed by atoms with Crippen molar-refractivity contribution in [3.63, 3.8) is 0 Å². The second-order valence-electron chi connectivity index (χ2n) is 7.44. The lowest BCUT2D eigenvalue weighted by atomic mass is 10.1. The number of nitrogen functional groups attached to an aromatic ring is 1. The quantitative estimate of drug-likeness (QED) is 0.488. The van der Waals surface area contributed by atoms with Crippen LogP contribution in [0.15, 0.2) is 30.6 Å². The van der Waals surface area contributed by atoms with Gasteiger partial charge in [-0.05, 0) is 18.6 Å². The molecule has 0 aliphatic carbocycles. The first kappa shape index (κ1) is 20.0. The van der Waals surface area contributed by atoms with Crippen LogP contribution in [0.1, 0.15) is 24.9 Å². The first-order valence-electron chi connectivity index (χ1n) is 10.4. The van der Waals surface area contributed by atoms with E-state index in [0.717, 1.165) is 23.0 Å². The molecule has 32 heavy (non-hydrogen) atoms. The number of fused-ring (bicyclic) bond motifs is 3. The van der Waals surface area contributed by atoms with Gasteiger partial charge in [0.2, 0.25) is 6.29 Å². The smallest absolute Gasteiger partial charge is 0.242 e. The summed E-state index contributed by atoms with van der Waals surface area (Å²) in [6.07, 6.45) is 3.06. The summed E-state index contributed by atoms with van der Waals surface area (Å²) in [6.45, 7) is 2.07. The van der Waals surface area contributed by atoms with Gasteiger partial charge in [-0.1, -0.05) is 6.92 Å². The number of benzene rings is 2. The van der Waals surface area contributed by atoms with Crippen LogP contribution in [-0.4, -0.2) is 40.4 Å². The van der Waals surface area contributed by atoms with Crippen LogP contribution in [-0.2, 0) is 12.8 Å². The lowest BCUT2D eigenvalue weighted by Crippen LogP contribution is -2.19. The molecule has 1 atom stereocenters. The molecule has 0 spiro atoms. The van der Waals surface area contributed by atoms with Gasteiger partial charge in [0.15, 0.2) is 23.0 Å². The Morgan fingerprint density at radius 1 is 0.906 bits per heavy atom. The number of aromatic nitrogens is 4. The molecule has 3 heterocycles. The van der Waals surface area contributed by atoms with Crippen LogP contribution in [0, 0.1) is 0 Å². The van der Waals surface area contributed by atoms with Crippen molar-refractivity contribution < 1.29 is 18.9 Å². The van der Waals surface area contributed by atoms with Crippen molar-refractivity contribution in [3.05, 3.63) is 42.1 Å². The lowest BCUT2D eigenvalue weighted by molar-refractivity contribution is 0.0418. The van der Waals surface area contributed by atoms with Gasteiger partial charge in [0.25, 0.3) is 0 Å². The summed E-state index contributed by atoms with van der Waals surface area (Å²) < 4.78 is 22.7. The Bertz CT molecular complexity index is 1330. The SMILES string of the molecule is CCc1ncnc2cc3c(cc12)OC(CCc1nc(N)c2cc(OC)c(OC)cc2n1)O3. The van der Waals surface area contributed by atoms with Crippen molar-refractivity contribution in [2.45, 2.75) is 32.5 Å². The highest BCUT2D eigenvalue weighted by atomic mass is 16.7. The van der Waals surface area contributed by atoms with Crippen LogP contribution < -0.4 is 24.7 Å². The molecule has 2 N–H and O–H groups in total. The molecule has 2 aromatic carbocycles. The molecule has 1 aliphatic heterocycles. The number of aryl methyl sites for hydroxylation is 2. The molecule has 0 radical (unpaired) electrons. The molecule has 0 bridgehead atoms. The summed E-state index contributed by atoms with van der Waals surface area (Å²) >= 11 is 0. The second kappa shape index (κ2) is 7.99. The first-order valence-corrected chi connectivity index (χ1v) is 10.4. The molecule has 0 saturated heterocycles. The number of rotatable bonds is 6. The van der Waals surface area contributed by atoms with Crippen molar-refractivity contribution in [1.29, 1.82) is 0 Å². The molecule has 164 valence electrons. The summed E-state index contributed by atoms with van der Waals surface area (Å²) in [5.41, 5.74) is 8.71. The van der Waals surface area contributed by atoms with Gasteiger partial charge in [0.05, 0.1) is 30.9 Å². The minimum absolute atomic E-state index is 0.388. The maximum absolute atomic E-state index is 6.19. The van der Waals surface area contributed by atoms with Gasteiger partial charge in [-0.2, -0.15) is 0 Å².